The van der Waals surface area contributed by atoms with Crippen LogP contribution in [0.4, 0.5) is 5.82 Å². The lowest BCUT2D eigenvalue weighted by Crippen LogP contribution is -2.37. The zero-order valence-electron chi connectivity index (χ0n) is 10.3. The average Bonchev–Trinajstić information content (AvgIpc) is 2.39. The molecule has 0 bridgehead atoms. The van der Waals surface area contributed by atoms with Gasteiger partial charge < -0.3 is 20.1 Å². The molecular weight excluding hydrogens is 218 g/mol. The first kappa shape index (κ1) is 12.1. The van der Waals surface area contributed by atoms with E-state index in [4.69, 9.17) is 15.2 Å². The van der Waals surface area contributed by atoms with Crippen LogP contribution in [0, 0.1) is 0 Å². The summed E-state index contributed by atoms with van der Waals surface area (Å²) in [6.45, 7) is 5.10. The van der Waals surface area contributed by atoms with Crippen LogP contribution in [0.15, 0.2) is 12.3 Å². The summed E-state index contributed by atoms with van der Waals surface area (Å²) >= 11 is 0. The average molecular weight is 237 g/mol. The highest BCUT2D eigenvalue weighted by molar-refractivity contribution is 5.54. The van der Waals surface area contributed by atoms with Crippen molar-refractivity contribution in [3.63, 3.8) is 0 Å². The lowest BCUT2D eigenvalue weighted by atomic mass is 10.1. The quantitative estimate of drug-likeness (QED) is 0.848. The predicted molar refractivity (Wildman–Crippen MR) is 66.4 cm³/mol. The lowest BCUT2D eigenvalue weighted by molar-refractivity contribution is 0.122. The molecule has 2 N–H and O–H groups in total. The van der Waals surface area contributed by atoms with Crippen molar-refractivity contribution in [2.75, 3.05) is 38.3 Å². The van der Waals surface area contributed by atoms with E-state index in [-0.39, 0.29) is 6.04 Å². The van der Waals surface area contributed by atoms with Crippen molar-refractivity contribution >= 4 is 5.82 Å². The summed E-state index contributed by atoms with van der Waals surface area (Å²) in [6.07, 6.45) is 1.82. The molecule has 2 heterocycles. The summed E-state index contributed by atoms with van der Waals surface area (Å²) in [5.74, 6) is 1.65. The normalized spacial score (nSPS) is 17.9. The third-order valence-electron chi connectivity index (χ3n) is 2.91. The largest absolute Gasteiger partial charge is 0.493 e. The summed E-state index contributed by atoms with van der Waals surface area (Å²) in [7, 11) is 1.66. The van der Waals surface area contributed by atoms with Gasteiger partial charge in [0.15, 0.2) is 11.6 Å². The number of hydrogen-bond acceptors (Lipinski definition) is 5. The van der Waals surface area contributed by atoms with Crippen LogP contribution in [-0.2, 0) is 4.74 Å². The molecule has 5 heteroatoms. The van der Waals surface area contributed by atoms with E-state index in [1.807, 2.05) is 19.2 Å². The van der Waals surface area contributed by atoms with E-state index < -0.39 is 0 Å². The van der Waals surface area contributed by atoms with Gasteiger partial charge in [-0.25, -0.2) is 4.98 Å². The van der Waals surface area contributed by atoms with Gasteiger partial charge in [-0.3, -0.25) is 0 Å². The molecule has 5 nitrogen and oxygen atoms in total. The highest BCUT2D eigenvalue weighted by Gasteiger charge is 2.17. The highest BCUT2D eigenvalue weighted by Crippen LogP contribution is 2.28. The van der Waals surface area contributed by atoms with Crippen LogP contribution < -0.4 is 15.4 Å². The maximum absolute atomic E-state index is 5.84. The minimum atomic E-state index is -0.0323. The Hall–Kier alpha value is -1.33. The summed E-state index contributed by atoms with van der Waals surface area (Å²) in [5.41, 5.74) is 6.82. The maximum atomic E-state index is 5.84. The predicted octanol–water partition coefficient (Wildman–Crippen LogP) is 0.947. The molecule has 0 saturated carbocycles. The minimum absolute atomic E-state index is 0.0323. The summed E-state index contributed by atoms with van der Waals surface area (Å²) in [5, 5.41) is 0. The molecule has 1 aromatic heterocycles. The fourth-order valence-corrected chi connectivity index (χ4v) is 1.86. The van der Waals surface area contributed by atoms with Gasteiger partial charge in [0.05, 0.1) is 20.3 Å². The van der Waals surface area contributed by atoms with Crippen LogP contribution in [0.2, 0.25) is 0 Å². The number of aromatic nitrogens is 1. The molecule has 0 aliphatic carbocycles. The van der Waals surface area contributed by atoms with E-state index in [1.54, 1.807) is 7.11 Å². The Labute approximate surface area is 102 Å². The summed E-state index contributed by atoms with van der Waals surface area (Å²) in [6, 6.07) is 1.93. The molecule has 0 amide bonds. The van der Waals surface area contributed by atoms with E-state index in [1.165, 1.54) is 0 Å². The van der Waals surface area contributed by atoms with Gasteiger partial charge in [0, 0.05) is 25.3 Å². The van der Waals surface area contributed by atoms with Crippen molar-refractivity contribution in [3.8, 4) is 5.75 Å². The third kappa shape index (κ3) is 2.68. The molecule has 1 atom stereocenters. The Bertz CT molecular complexity index is 376. The fourth-order valence-electron chi connectivity index (χ4n) is 1.86. The second-order valence-electron chi connectivity index (χ2n) is 4.18. The minimum Gasteiger partial charge on any atom is -0.493 e. The molecule has 1 unspecified atom stereocenters. The SMILES string of the molecule is COc1cc(C(C)N)cnc1N1CCOCC1. The fraction of sp³-hybridized carbons (Fsp3) is 0.583. The zero-order chi connectivity index (χ0) is 12.3. The van der Waals surface area contributed by atoms with Crippen molar-refractivity contribution in [2.45, 2.75) is 13.0 Å². The molecule has 0 aromatic carbocycles. The number of anilines is 1. The van der Waals surface area contributed by atoms with Crippen LogP contribution in [0.3, 0.4) is 0 Å². The van der Waals surface area contributed by atoms with Crippen LogP contribution in [0.25, 0.3) is 0 Å². The number of nitrogens with zero attached hydrogens (tertiary/aromatic N) is 2. The monoisotopic (exact) mass is 237 g/mol. The Balaban J connectivity index is 2.26. The van der Waals surface area contributed by atoms with E-state index in [2.05, 4.69) is 9.88 Å². The number of rotatable bonds is 3. The smallest absolute Gasteiger partial charge is 0.171 e. The van der Waals surface area contributed by atoms with Gasteiger partial charge in [-0.15, -0.1) is 0 Å². The first-order valence-electron chi connectivity index (χ1n) is 5.84. The van der Waals surface area contributed by atoms with Gasteiger partial charge in [-0.2, -0.15) is 0 Å². The molecular formula is C12H19N3O2. The van der Waals surface area contributed by atoms with Gasteiger partial charge in [-0.1, -0.05) is 0 Å². The number of hydrogen-bond donors (Lipinski definition) is 1. The molecule has 1 saturated heterocycles. The topological polar surface area (TPSA) is 60.6 Å². The Morgan fingerprint density at radius 2 is 2.18 bits per heavy atom. The molecule has 1 aliphatic heterocycles. The summed E-state index contributed by atoms with van der Waals surface area (Å²) in [4.78, 5) is 6.63. The number of nitrogens with two attached hydrogens (primary N) is 1. The number of morpholine rings is 1. The van der Waals surface area contributed by atoms with Crippen molar-refractivity contribution in [1.82, 2.24) is 4.98 Å². The Morgan fingerprint density at radius 1 is 1.47 bits per heavy atom. The van der Waals surface area contributed by atoms with E-state index in [9.17, 15) is 0 Å². The molecule has 2 rings (SSSR count). The zero-order valence-corrected chi connectivity index (χ0v) is 10.3. The standard InChI is InChI=1S/C12H19N3O2/c1-9(13)10-7-11(16-2)12(14-8-10)15-3-5-17-6-4-15/h7-9H,3-6,13H2,1-2H3. The molecule has 0 radical (unpaired) electrons. The summed E-state index contributed by atoms with van der Waals surface area (Å²) < 4.78 is 10.7. The second-order valence-corrected chi connectivity index (χ2v) is 4.18. The molecule has 1 fully saturated rings. The van der Waals surface area contributed by atoms with E-state index >= 15 is 0 Å². The van der Waals surface area contributed by atoms with Crippen molar-refractivity contribution in [3.05, 3.63) is 17.8 Å². The number of pyridine rings is 1. The van der Waals surface area contributed by atoms with E-state index in [0.29, 0.717) is 0 Å². The first-order chi connectivity index (χ1) is 8.22. The molecule has 0 spiro atoms. The second kappa shape index (κ2) is 5.33. The molecule has 94 valence electrons. The van der Waals surface area contributed by atoms with Gasteiger partial charge in [0.25, 0.3) is 0 Å². The number of ether oxygens (including phenoxy) is 2. The maximum Gasteiger partial charge on any atom is 0.171 e. The van der Waals surface area contributed by atoms with Gasteiger partial charge in [0.2, 0.25) is 0 Å². The Kier molecular flexibility index (Phi) is 3.81. The molecule has 17 heavy (non-hydrogen) atoms. The molecule has 1 aliphatic rings. The molecule has 1 aromatic rings. The van der Waals surface area contributed by atoms with Crippen molar-refractivity contribution in [2.24, 2.45) is 5.73 Å². The van der Waals surface area contributed by atoms with Gasteiger partial charge in [-0.05, 0) is 18.6 Å². The van der Waals surface area contributed by atoms with Crippen molar-refractivity contribution in [1.29, 1.82) is 0 Å². The van der Waals surface area contributed by atoms with Crippen LogP contribution in [0.1, 0.15) is 18.5 Å². The Morgan fingerprint density at radius 3 is 2.76 bits per heavy atom. The first-order valence-corrected chi connectivity index (χ1v) is 5.84. The van der Waals surface area contributed by atoms with E-state index in [0.717, 1.165) is 43.4 Å². The number of methoxy groups -OCH3 is 1. The van der Waals surface area contributed by atoms with Gasteiger partial charge >= 0.3 is 0 Å². The lowest BCUT2D eigenvalue weighted by Gasteiger charge is -2.29. The highest BCUT2D eigenvalue weighted by atomic mass is 16.5. The third-order valence-corrected chi connectivity index (χ3v) is 2.91. The van der Waals surface area contributed by atoms with Gasteiger partial charge in [0.1, 0.15) is 0 Å². The van der Waals surface area contributed by atoms with Crippen LogP contribution >= 0.6 is 0 Å². The van der Waals surface area contributed by atoms with Crippen LogP contribution in [0.5, 0.6) is 5.75 Å². The van der Waals surface area contributed by atoms with Crippen LogP contribution in [-0.4, -0.2) is 38.4 Å². The van der Waals surface area contributed by atoms with Crippen molar-refractivity contribution < 1.29 is 9.47 Å².